The number of para-hydroxylation sites is 1. The predicted molar refractivity (Wildman–Crippen MR) is 107 cm³/mol. The third-order valence-corrected chi connectivity index (χ3v) is 4.87. The molecule has 4 rings (SSSR count). The first-order valence-electron chi connectivity index (χ1n) is 9.09. The minimum absolute atomic E-state index is 0.0943. The number of rotatable bonds is 4. The first kappa shape index (κ1) is 18.4. The molecule has 28 heavy (non-hydrogen) atoms. The highest BCUT2D eigenvalue weighted by Gasteiger charge is 2.29. The van der Waals surface area contributed by atoms with Gasteiger partial charge in [0.25, 0.3) is 0 Å². The predicted octanol–water partition coefficient (Wildman–Crippen LogP) is 4.07. The number of benzene rings is 2. The van der Waals surface area contributed by atoms with Crippen molar-refractivity contribution in [1.29, 1.82) is 0 Å². The van der Waals surface area contributed by atoms with Gasteiger partial charge in [0, 0.05) is 16.1 Å². The van der Waals surface area contributed by atoms with Crippen LogP contribution in [-0.4, -0.2) is 33.1 Å². The van der Waals surface area contributed by atoms with Crippen molar-refractivity contribution in [3.05, 3.63) is 76.3 Å². The molecule has 1 aromatic heterocycles. The van der Waals surface area contributed by atoms with E-state index in [9.17, 15) is 4.79 Å². The van der Waals surface area contributed by atoms with Crippen LogP contribution in [0.15, 0.2) is 53.5 Å². The summed E-state index contributed by atoms with van der Waals surface area (Å²) in [5, 5.41) is 9.21. The molecule has 7 heteroatoms. The second kappa shape index (κ2) is 7.56. The molecular formula is C21H19ClN4O2. The summed E-state index contributed by atoms with van der Waals surface area (Å²) in [6, 6.07) is 15.0. The molecule has 0 amide bonds. The molecule has 2 aromatic carbocycles. The number of fused-ring (bicyclic) bond motifs is 3. The van der Waals surface area contributed by atoms with Crippen LogP contribution in [0.1, 0.15) is 42.2 Å². The fraction of sp³-hybridized carbons (Fsp3) is 0.238. The number of aryl methyl sites for hydroxylation is 1. The highest BCUT2D eigenvalue weighted by Crippen LogP contribution is 2.32. The van der Waals surface area contributed by atoms with Crippen LogP contribution in [-0.2, 0) is 9.53 Å². The smallest absolute Gasteiger partial charge is 0.308 e. The fourth-order valence-corrected chi connectivity index (χ4v) is 3.52. The van der Waals surface area contributed by atoms with Crippen LogP contribution >= 0.6 is 11.6 Å². The van der Waals surface area contributed by atoms with Crippen LogP contribution in [0.2, 0.25) is 5.02 Å². The Kier molecular flexibility index (Phi) is 4.96. The van der Waals surface area contributed by atoms with Crippen molar-refractivity contribution in [2.45, 2.75) is 26.3 Å². The average Bonchev–Trinajstić information content (AvgIpc) is 3.01. The summed E-state index contributed by atoms with van der Waals surface area (Å²) in [4.78, 5) is 17.2. The SMILES string of the molecule is CCOC(=O)CC1N=C(c2ccc(Cl)cc2)c2ccccc2-n2c(C)nnc21. The number of carbonyl (C=O) groups is 1. The highest BCUT2D eigenvalue weighted by atomic mass is 35.5. The van der Waals surface area contributed by atoms with E-state index >= 15 is 0 Å². The average molecular weight is 395 g/mol. The zero-order valence-electron chi connectivity index (χ0n) is 15.6. The van der Waals surface area contributed by atoms with Gasteiger partial charge in [-0.15, -0.1) is 10.2 Å². The topological polar surface area (TPSA) is 69.4 Å². The number of carbonyl (C=O) groups excluding carboxylic acids is 1. The van der Waals surface area contributed by atoms with E-state index in [0.717, 1.165) is 28.4 Å². The minimum Gasteiger partial charge on any atom is -0.466 e. The number of hydrogen-bond donors (Lipinski definition) is 0. The third kappa shape index (κ3) is 3.31. The molecule has 1 aliphatic rings. The molecule has 0 radical (unpaired) electrons. The number of halogens is 1. The summed E-state index contributed by atoms with van der Waals surface area (Å²) < 4.78 is 7.12. The first-order chi connectivity index (χ1) is 13.6. The molecule has 0 fully saturated rings. The third-order valence-electron chi connectivity index (χ3n) is 4.62. The number of esters is 1. The zero-order chi connectivity index (χ0) is 19.7. The molecule has 0 N–H and O–H groups in total. The normalized spacial score (nSPS) is 15.2. The molecule has 1 aliphatic heterocycles. The summed E-state index contributed by atoms with van der Waals surface area (Å²) in [7, 11) is 0. The second-order valence-corrected chi connectivity index (χ2v) is 6.90. The van der Waals surface area contributed by atoms with Crippen LogP contribution in [0.25, 0.3) is 5.69 Å². The lowest BCUT2D eigenvalue weighted by Gasteiger charge is -2.12. The Morgan fingerprint density at radius 3 is 2.64 bits per heavy atom. The van der Waals surface area contributed by atoms with Crippen LogP contribution in [0.3, 0.4) is 0 Å². The number of aliphatic imine (C=N–C) groups is 1. The van der Waals surface area contributed by atoms with Gasteiger partial charge in [-0.25, -0.2) is 0 Å². The van der Waals surface area contributed by atoms with Crippen molar-refractivity contribution in [3.8, 4) is 5.69 Å². The Labute approximate surface area is 167 Å². The molecular weight excluding hydrogens is 376 g/mol. The van der Waals surface area contributed by atoms with Crippen molar-refractivity contribution in [1.82, 2.24) is 14.8 Å². The van der Waals surface area contributed by atoms with Gasteiger partial charge in [0.2, 0.25) is 0 Å². The van der Waals surface area contributed by atoms with Gasteiger partial charge in [-0.1, -0.05) is 41.9 Å². The van der Waals surface area contributed by atoms with Crippen molar-refractivity contribution < 1.29 is 9.53 Å². The van der Waals surface area contributed by atoms with E-state index in [1.807, 2.05) is 60.0 Å². The largest absolute Gasteiger partial charge is 0.466 e. The minimum atomic E-state index is -0.502. The van der Waals surface area contributed by atoms with Gasteiger partial charge in [0.15, 0.2) is 5.82 Å². The van der Waals surface area contributed by atoms with Gasteiger partial charge in [0.1, 0.15) is 11.9 Å². The van der Waals surface area contributed by atoms with Gasteiger partial charge in [0.05, 0.1) is 24.4 Å². The van der Waals surface area contributed by atoms with Gasteiger partial charge in [-0.3, -0.25) is 14.4 Å². The Balaban J connectivity index is 1.92. The van der Waals surface area contributed by atoms with Crippen LogP contribution in [0, 0.1) is 6.92 Å². The van der Waals surface area contributed by atoms with Crippen LogP contribution in [0.4, 0.5) is 0 Å². The Morgan fingerprint density at radius 1 is 1.14 bits per heavy atom. The summed E-state index contributed by atoms with van der Waals surface area (Å²) in [6.45, 7) is 4.00. The molecule has 3 aromatic rings. The van der Waals surface area contributed by atoms with Crippen molar-refractivity contribution in [3.63, 3.8) is 0 Å². The molecule has 1 unspecified atom stereocenters. The van der Waals surface area contributed by atoms with Crippen molar-refractivity contribution >= 4 is 23.3 Å². The first-order valence-corrected chi connectivity index (χ1v) is 9.47. The molecule has 0 saturated heterocycles. The molecule has 0 saturated carbocycles. The molecule has 0 spiro atoms. The number of hydrogen-bond acceptors (Lipinski definition) is 5. The maximum absolute atomic E-state index is 12.2. The maximum Gasteiger partial charge on any atom is 0.308 e. The fourth-order valence-electron chi connectivity index (χ4n) is 3.40. The standard InChI is InChI=1S/C21H19ClN4O2/c1-3-28-19(27)12-17-21-25-24-13(2)26(21)18-7-5-4-6-16(18)20(23-17)14-8-10-15(22)11-9-14/h4-11,17H,3,12H2,1-2H3. The van der Waals surface area contributed by atoms with E-state index in [2.05, 4.69) is 10.2 Å². The highest BCUT2D eigenvalue weighted by molar-refractivity contribution is 6.30. The monoisotopic (exact) mass is 394 g/mol. The van der Waals surface area contributed by atoms with Gasteiger partial charge >= 0.3 is 5.97 Å². The van der Waals surface area contributed by atoms with Gasteiger partial charge in [-0.05, 0) is 32.0 Å². The quantitative estimate of drug-likeness (QED) is 0.625. The lowest BCUT2D eigenvalue weighted by Crippen LogP contribution is -2.13. The lowest BCUT2D eigenvalue weighted by molar-refractivity contribution is -0.143. The van der Waals surface area contributed by atoms with E-state index in [1.54, 1.807) is 6.92 Å². The maximum atomic E-state index is 12.2. The Morgan fingerprint density at radius 2 is 1.89 bits per heavy atom. The van der Waals surface area contributed by atoms with Crippen molar-refractivity contribution in [2.24, 2.45) is 4.99 Å². The number of aromatic nitrogens is 3. The van der Waals surface area contributed by atoms with E-state index in [0.29, 0.717) is 17.5 Å². The lowest BCUT2D eigenvalue weighted by atomic mass is 10.0. The second-order valence-electron chi connectivity index (χ2n) is 6.47. The Bertz CT molecular complexity index is 1060. The molecule has 2 heterocycles. The van der Waals surface area contributed by atoms with Crippen molar-refractivity contribution in [2.75, 3.05) is 6.61 Å². The summed E-state index contributed by atoms with van der Waals surface area (Å²) in [6.07, 6.45) is 0.0943. The zero-order valence-corrected chi connectivity index (χ0v) is 16.3. The Hall–Kier alpha value is -2.99. The number of ether oxygens (including phenoxy) is 1. The molecule has 0 aliphatic carbocycles. The molecule has 1 atom stereocenters. The number of nitrogens with zero attached hydrogens (tertiary/aromatic N) is 4. The van der Waals surface area contributed by atoms with E-state index in [4.69, 9.17) is 21.3 Å². The van der Waals surface area contributed by atoms with E-state index in [1.165, 1.54) is 0 Å². The van der Waals surface area contributed by atoms with E-state index in [-0.39, 0.29) is 12.4 Å². The van der Waals surface area contributed by atoms with Crippen LogP contribution < -0.4 is 0 Å². The molecule has 6 nitrogen and oxygen atoms in total. The summed E-state index contributed by atoms with van der Waals surface area (Å²) >= 11 is 6.07. The molecule has 142 valence electrons. The molecule has 0 bridgehead atoms. The van der Waals surface area contributed by atoms with E-state index < -0.39 is 6.04 Å². The van der Waals surface area contributed by atoms with Crippen LogP contribution in [0.5, 0.6) is 0 Å². The van der Waals surface area contributed by atoms with Gasteiger partial charge < -0.3 is 4.74 Å². The summed E-state index contributed by atoms with van der Waals surface area (Å²) in [5.74, 6) is 1.05. The summed E-state index contributed by atoms with van der Waals surface area (Å²) in [5.41, 5.74) is 3.58. The van der Waals surface area contributed by atoms with Gasteiger partial charge in [-0.2, -0.15) is 0 Å².